The van der Waals surface area contributed by atoms with Gasteiger partial charge in [-0.1, -0.05) is 49.4 Å². The summed E-state index contributed by atoms with van der Waals surface area (Å²) in [5, 5.41) is 0. The first-order chi connectivity index (χ1) is 8.70. The number of nitrogens with two attached hydrogens (primary N) is 1. The minimum absolute atomic E-state index is 0.142. The van der Waals surface area contributed by atoms with Gasteiger partial charge in [0.15, 0.2) is 0 Å². The second-order valence-electron chi connectivity index (χ2n) is 4.65. The molecule has 1 unspecified atom stereocenters. The highest BCUT2D eigenvalue weighted by Gasteiger charge is 2.05. The van der Waals surface area contributed by atoms with Crippen LogP contribution in [-0.2, 0) is 6.42 Å². The van der Waals surface area contributed by atoms with Crippen LogP contribution < -0.4 is 5.73 Å². The van der Waals surface area contributed by atoms with Crippen LogP contribution in [0.1, 0.15) is 29.5 Å². The second-order valence-corrected chi connectivity index (χ2v) is 4.65. The maximum Gasteiger partial charge on any atom is 0.126 e. The minimum atomic E-state index is -0.142. The summed E-state index contributed by atoms with van der Waals surface area (Å²) in [7, 11) is 0. The highest BCUT2D eigenvalue weighted by atomic mass is 19.1. The summed E-state index contributed by atoms with van der Waals surface area (Å²) in [5.41, 5.74) is 8.72. The van der Waals surface area contributed by atoms with Crippen LogP contribution in [0.15, 0.2) is 48.5 Å². The molecule has 1 nitrogen and oxygen atoms in total. The van der Waals surface area contributed by atoms with Gasteiger partial charge in [-0.05, 0) is 35.2 Å². The molecule has 0 aliphatic heterocycles. The number of benzene rings is 2. The van der Waals surface area contributed by atoms with Crippen molar-refractivity contribution < 1.29 is 4.39 Å². The number of halogens is 1. The molecular formula is C16H18FN. The molecule has 18 heavy (non-hydrogen) atoms. The Morgan fingerprint density at radius 2 is 1.72 bits per heavy atom. The van der Waals surface area contributed by atoms with Crippen molar-refractivity contribution in [2.75, 3.05) is 6.54 Å². The van der Waals surface area contributed by atoms with E-state index < -0.39 is 0 Å². The topological polar surface area (TPSA) is 26.0 Å². The Bertz CT molecular complexity index is 505. The first-order valence-electron chi connectivity index (χ1n) is 6.23. The van der Waals surface area contributed by atoms with Gasteiger partial charge in [0, 0.05) is 6.42 Å². The fourth-order valence-corrected chi connectivity index (χ4v) is 1.96. The average molecular weight is 243 g/mol. The first-order valence-corrected chi connectivity index (χ1v) is 6.23. The van der Waals surface area contributed by atoms with E-state index in [4.69, 9.17) is 5.73 Å². The van der Waals surface area contributed by atoms with Crippen LogP contribution in [0.4, 0.5) is 4.39 Å². The van der Waals surface area contributed by atoms with Gasteiger partial charge in [0.1, 0.15) is 5.82 Å². The standard InChI is InChI=1S/C16H18FN/c1-12(11-18)14-8-6-13(7-9-14)10-15-4-2-3-5-16(15)17/h2-9,12H,10-11,18H2,1H3. The van der Waals surface area contributed by atoms with Gasteiger partial charge < -0.3 is 5.73 Å². The quantitative estimate of drug-likeness (QED) is 0.874. The summed E-state index contributed by atoms with van der Waals surface area (Å²) in [4.78, 5) is 0. The molecule has 2 rings (SSSR count). The Morgan fingerprint density at radius 1 is 1.06 bits per heavy atom. The van der Waals surface area contributed by atoms with Crippen molar-refractivity contribution in [2.24, 2.45) is 5.73 Å². The zero-order valence-corrected chi connectivity index (χ0v) is 10.6. The summed E-state index contributed by atoms with van der Waals surface area (Å²) in [6.07, 6.45) is 0.629. The summed E-state index contributed by atoms with van der Waals surface area (Å²) < 4.78 is 13.5. The maximum atomic E-state index is 13.5. The van der Waals surface area contributed by atoms with Gasteiger partial charge in [0.25, 0.3) is 0 Å². The third kappa shape index (κ3) is 2.96. The van der Waals surface area contributed by atoms with Crippen molar-refractivity contribution in [1.82, 2.24) is 0 Å². The molecule has 0 heterocycles. The molecule has 2 N–H and O–H groups in total. The van der Waals surface area contributed by atoms with Gasteiger partial charge in [-0.2, -0.15) is 0 Å². The molecular weight excluding hydrogens is 225 g/mol. The van der Waals surface area contributed by atoms with Crippen LogP contribution in [0.25, 0.3) is 0 Å². The van der Waals surface area contributed by atoms with Crippen LogP contribution in [0.2, 0.25) is 0 Å². The normalized spacial score (nSPS) is 12.4. The van der Waals surface area contributed by atoms with Gasteiger partial charge in [0.05, 0.1) is 0 Å². The highest BCUT2D eigenvalue weighted by molar-refractivity contribution is 5.30. The molecule has 94 valence electrons. The first kappa shape index (κ1) is 12.8. The lowest BCUT2D eigenvalue weighted by atomic mass is 9.98. The molecule has 0 radical (unpaired) electrons. The van der Waals surface area contributed by atoms with Gasteiger partial charge in [-0.15, -0.1) is 0 Å². The van der Waals surface area contributed by atoms with Crippen LogP contribution in [0.3, 0.4) is 0 Å². The molecule has 0 fully saturated rings. The van der Waals surface area contributed by atoms with E-state index in [1.54, 1.807) is 6.07 Å². The lowest BCUT2D eigenvalue weighted by molar-refractivity contribution is 0.614. The monoisotopic (exact) mass is 243 g/mol. The summed E-state index contributed by atoms with van der Waals surface area (Å²) in [6.45, 7) is 2.75. The van der Waals surface area contributed by atoms with Crippen molar-refractivity contribution in [3.8, 4) is 0 Å². The fraction of sp³-hybridized carbons (Fsp3) is 0.250. The van der Waals surface area contributed by atoms with Crippen LogP contribution >= 0.6 is 0 Å². The van der Waals surface area contributed by atoms with E-state index in [1.165, 1.54) is 11.6 Å². The van der Waals surface area contributed by atoms with E-state index in [1.807, 2.05) is 24.3 Å². The van der Waals surface area contributed by atoms with E-state index in [0.717, 1.165) is 11.1 Å². The Hall–Kier alpha value is -1.67. The zero-order chi connectivity index (χ0) is 13.0. The third-order valence-corrected chi connectivity index (χ3v) is 3.25. The van der Waals surface area contributed by atoms with Crippen LogP contribution in [0, 0.1) is 5.82 Å². The predicted molar refractivity (Wildman–Crippen MR) is 73.1 cm³/mol. The van der Waals surface area contributed by atoms with E-state index in [9.17, 15) is 4.39 Å². The molecule has 0 aliphatic carbocycles. The molecule has 2 aromatic carbocycles. The fourth-order valence-electron chi connectivity index (χ4n) is 1.96. The Balaban J connectivity index is 2.14. The second kappa shape index (κ2) is 5.78. The van der Waals surface area contributed by atoms with Crippen molar-refractivity contribution in [3.05, 3.63) is 71.0 Å². The van der Waals surface area contributed by atoms with Crippen molar-refractivity contribution in [2.45, 2.75) is 19.3 Å². The summed E-state index contributed by atoms with van der Waals surface area (Å²) in [6, 6.07) is 15.2. The minimum Gasteiger partial charge on any atom is -0.330 e. The van der Waals surface area contributed by atoms with Crippen molar-refractivity contribution in [3.63, 3.8) is 0 Å². The van der Waals surface area contributed by atoms with Gasteiger partial charge in [-0.3, -0.25) is 0 Å². The zero-order valence-electron chi connectivity index (χ0n) is 10.6. The molecule has 0 spiro atoms. The van der Waals surface area contributed by atoms with Gasteiger partial charge in [0.2, 0.25) is 0 Å². The lowest BCUT2D eigenvalue weighted by Crippen LogP contribution is -2.08. The Kier molecular flexibility index (Phi) is 4.11. The molecule has 1 atom stereocenters. The largest absolute Gasteiger partial charge is 0.330 e. The molecule has 0 amide bonds. The molecule has 2 aromatic rings. The van der Waals surface area contributed by atoms with E-state index in [2.05, 4.69) is 19.1 Å². The van der Waals surface area contributed by atoms with E-state index in [-0.39, 0.29) is 5.82 Å². The SMILES string of the molecule is CC(CN)c1ccc(Cc2ccccc2F)cc1. The predicted octanol–water partition coefficient (Wildman–Crippen LogP) is 3.48. The maximum absolute atomic E-state index is 13.5. The highest BCUT2D eigenvalue weighted by Crippen LogP contribution is 2.17. The number of hydrogen-bond acceptors (Lipinski definition) is 1. The molecule has 0 saturated heterocycles. The molecule has 0 bridgehead atoms. The number of hydrogen-bond donors (Lipinski definition) is 1. The molecule has 2 heteroatoms. The average Bonchev–Trinajstić information content (AvgIpc) is 2.41. The van der Waals surface area contributed by atoms with E-state index in [0.29, 0.717) is 18.9 Å². The van der Waals surface area contributed by atoms with Crippen LogP contribution in [-0.4, -0.2) is 6.54 Å². The van der Waals surface area contributed by atoms with E-state index >= 15 is 0 Å². The third-order valence-electron chi connectivity index (χ3n) is 3.25. The smallest absolute Gasteiger partial charge is 0.126 e. The Morgan fingerprint density at radius 3 is 2.33 bits per heavy atom. The summed E-state index contributed by atoms with van der Waals surface area (Å²) in [5.74, 6) is 0.226. The Labute approximate surface area is 107 Å². The summed E-state index contributed by atoms with van der Waals surface area (Å²) >= 11 is 0. The molecule has 0 aromatic heterocycles. The molecule has 0 aliphatic rings. The lowest BCUT2D eigenvalue weighted by Gasteiger charge is -2.10. The molecule has 0 saturated carbocycles. The number of rotatable bonds is 4. The van der Waals surface area contributed by atoms with Crippen molar-refractivity contribution >= 4 is 0 Å². The van der Waals surface area contributed by atoms with Crippen LogP contribution in [0.5, 0.6) is 0 Å². The van der Waals surface area contributed by atoms with Gasteiger partial charge in [-0.25, -0.2) is 4.39 Å². The van der Waals surface area contributed by atoms with Crippen molar-refractivity contribution in [1.29, 1.82) is 0 Å². The van der Waals surface area contributed by atoms with Gasteiger partial charge >= 0.3 is 0 Å².